The predicted molar refractivity (Wildman–Crippen MR) is 67.0 cm³/mol. The Morgan fingerprint density at radius 2 is 1.94 bits per heavy atom. The molecule has 1 rings (SSSR count). The molecule has 1 unspecified atom stereocenters. The van der Waals surface area contributed by atoms with Crippen molar-refractivity contribution in [1.29, 1.82) is 0 Å². The summed E-state index contributed by atoms with van der Waals surface area (Å²) < 4.78 is 50.5. The summed E-state index contributed by atoms with van der Waals surface area (Å²) in [7, 11) is -2.11. The Morgan fingerprint density at radius 1 is 1.33 bits per heavy atom. The molecule has 18 heavy (non-hydrogen) atoms. The molecule has 7 heteroatoms. The molecule has 3 nitrogen and oxygen atoms in total. The van der Waals surface area contributed by atoms with Crippen LogP contribution in [0.4, 0.5) is 8.78 Å². The number of rotatable bonds is 5. The minimum atomic E-state index is -3.50. The third-order valence-corrected chi connectivity index (χ3v) is 5.07. The summed E-state index contributed by atoms with van der Waals surface area (Å²) in [6, 6.07) is 2.74. The smallest absolute Gasteiger partial charge is 0.212 e. The van der Waals surface area contributed by atoms with Crippen LogP contribution in [-0.2, 0) is 10.0 Å². The van der Waals surface area contributed by atoms with Crippen molar-refractivity contribution in [2.75, 3.05) is 18.7 Å². The van der Waals surface area contributed by atoms with E-state index < -0.39 is 27.7 Å². The first-order valence-electron chi connectivity index (χ1n) is 5.26. The van der Waals surface area contributed by atoms with E-state index in [9.17, 15) is 17.2 Å². The summed E-state index contributed by atoms with van der Waals surface area (Å²) in [6.07, 6.45) is 0. The van der Waals surface area contributed by atoms with E-state index in [-0.39, 0.29) is 11.6 Å². The van der Waals surface area contributed by atoms with Crippen LogP contribution >= 0.6 is 11.6 Å². The van der Waals surface area contributed by atoms with Gasteiger partial charge in [0, 0.05) is 19.0 Å². The van der Waals surface area contributed by atoms with Crippen LogP contribution in [-0.4, -0.2) is 31.4 Å². The van der Waals surface area contributed by atoms with Crippen molar-refractivity contribution in [3.63, 3.8) is 0 Å². The van der Waals surface area contributed by atoms with Gasteiger partial charge in [-0.3, -0.25) is 0 Å². The molecular weight excluding hydrogens is 284 g/mol. The van der Waals surface area contributed by atoms with Crippen LogP contribution in [0.25, 0.3) is 0 Å². The average Bonchev–Trinajstić information content (AvgIpc) is 2.30. The van der Waals surface area contributed by atoms with E-state index in [2.05, 4.69) is 0 Å². The van der Waals surface area contributed by atoms with E-state index in [1.54, 1.807) is 6.92 Å². The molecule has 1 aromatic rings. The van der Waals surface area contributed by atoms with Crippen molar-refractivity contribution in [2.24, 2.45) is 0 Å². The van der Waals surface area contributed by atoms with Crippen molar-refractivity contribution in [3.05, 3.63) is 35.4 Å². The molecule has 1 atom stereocenters. The molecule has 0 fully saturated rings. The Kier molecular flexibility index (Phi) is 5.07. The fourth-order valence-corrected chi connectivity index (χ4v) is 3.14. The van der Waals surface area contributed by atoms with Gasteiger partial charge in [0.1, 0.15) is 0 Å². The zero-order valence-electron chi connectivity index (χ0n) is 10.0. The summed E-state index contributed by atoms with van der Waals surface area (Å²) in [5.41, 5.74) is 0.384. The molecule has 0 heterocycles. The molecule has 0 aliphatic heterocycles. The monoisotopic (exact) mass is 297 g/mol. The molecule has 0 bridgehead atoms. The van der Waals surface area contributed by atoms with Gasteiger partial charge in [0.15, 0.2) is 11.6 Å². The largest absolute Gasteiger partial charge is 0.215 e. The van der Waals surface area contributed by atoms with E-state index in [1.807, 2.05) is 0 Å². The van der Waals surface area contributed by atoms with Crippen molar-refractivity contribution >= 4 is 21.6 Å². The highest BCUT2D eigenvalue weighted by Gasteiger charge is 2.24. The summed E-state index contributed by atoms with van der Waals surface area (Å²) in [5.74, 6) is -2.17. The van der Waals surface area contributed by atoms with Crippen LogP contribution in [0, 0.1) is 11.6 Å². The van der Waals surface area contributed by atoms with E-state index in [0.717, 1.165) is 16.4 Å². The molecule has 0 amide bonds. The highest BCUT2D eigenvalue weighted by molar-refractivity contribution is 7.89. The number of halogens is 3. The van der Waals surface area contributed by atoms with E-state index in [4.69, 9.17) is 11.6 Å². The zero-order valence-corrected chi connectivity index (χ0v) is 11.6. The normalized spacial score (nSPS) is 13.9. The van der Waals surface area contributed by atoms with Crippen LogP contribution < -0.4 is 0 Å². The lowest BCUT2D eigenvalue weighted by Crippen LogP contribution is -2.32. The Balaban J connectivity index is 2.99. The van der Waals surface area contributed by atoms with Crippen LogP contribution in [0.3, 0.4) is 0 Å². The van der Waals surface area contributed by atoms with Crippen molar-refractivity contribution in [1.82, 2.24) is 4.31 Å². The number of alkyl halides is 1. The SMILES string of the molecule is CC(c1ccc(F)c(F)c1)N(C)S(=O)(=O)CCCl. The quantitative estimate of drug-likeness (QED) is 0.783. The Bertz CT molecular complexity index is 522. The number of sulfonamides is 1. The first-order valence-corrected chi connectivity index (χ1v) is 7.40. The molecule has 0 aromatic heterocycles. The summed E-state index contributed by atoms with van der Waals surface area (Å²) in [6.45, 7) is 1.60. The maximum Gasteiger partial charge on any atom is 0.215 e. The highest BCUT2D eigenvalue weighted by atomic mass is 35.5. The summed E-state index contributed by atoms with van der Waals surface area (Å²) >= 11 is 5.41. The molecule has 0 aliphatic rings. The Labute approximate surface area is 110 Å². The van der Waals surface area contributed by atoms with Gasteiger partial charge in [0.25, 0.3) is 0 Å². The molecule has 0 saturated carbocycles. The molecule has 0 N–H and O–H groups in total. The molecule has 0 spiro atoms. The maximum atomic E-state index is 13.1. The average molecular weight is 298 g/mol. The fourth-order valence-electron chi connectivity index (χ4n) is 1.46. The number of hydrogen-bond acceptors (Lipinski definition) is 2. The predicted octanol–water partition coefficient (Wildman–Crippen LogP) is 2.53. The Hall–Kier alpha value is -0.720. The Morgan fingerprint density at radius 3 is 2.44 bits per heavy atom. The summed E-state index contributed by atoms with van der Waals surface area (Å²) in [5, 5.41) is 0. The minimum Gasteiger partial charge on any atom is -0.212 e. The van der Waals surface area contributed by atoms with Crippen LogP contribution in [0.1, 0.15) is 18.5 Å². The zero-order chi connectivity index (χ0) is 13.9. The first kappa shape index (κ1) is 15.3. The van der Waals surface area contributed by atoms with Gasteiger partial charge in [-0.15, -0.1) is 11.6 Å². The van der Waals surface area contributed by atoms with Gasteiger partial charge in [-0.05, 0) is 24.6 Å². The van der Waals surface area contributed by atoms with Gasteiger partial charge >= 0.3 is 0 Å². The van der Waals surface area contributed by atoms with Crippen molar-refractivity contribution < 1.29 is 17.2 Å². The molecule has 102 valence electrons. The second-order valence-electron chi connectivity index (χ2n) is 3.87. The maximum absolute atomic E-state index is 13.1. The second-order valence-corrected chi connectivity index (χ2v) is 6.40. The van der Waals surface area contributed by atoms with E-state index in [1.165, 1.54) is 13.1 Å². The van der Waals surface area contributed by atoms with Crippen LogP contribution in [0.15, 0.2) is 18.2 Å². The lowest BCUT2D eigenvalue weighted by molar-refractivity contribution is 0.396. The standard InChI is InChI=1S/C11H14ClF2NO2S/c1-8(15(2)18(16,17)6-5-12)9-3-4-10(13)11(14)7-9/h3-4,7-8H,5-6H2,1-2H3. The van der Waals surface area contributed by atoms with Crippen molar-refractivity contribution in [3.8, 4) is 0 Å². The molecular formula is C11H14ClF2NO2S. The first-order chi connectivity index (χ1) is 8.29. The van der Waals surface area contributed by atoms with Gasteiger partial charge in [0.05, 0.1) is 5.75 Å². The minimum absolute atomic E-state index is 0.0167. The third-order valence-electron chi connectivity index (χ3n) is 2.75. The number of benzene rings is 1. The van der Waals surface area contributed by atoms with Crippen molar-refractivity contribution in [2.45, 2.75) is 13.0 Å². The van der Waals surface area contributed by atoms with Gasteiger partial charge in [-0.1, -0.05) is 6.07 Å². The highest BCUT2D eigenvalue weighted by Crippen LogP contribution is 2.23. The summed E-state index contributed by atoms with van der Waals surface area (Å²) in [4.78, 5) is 0. The number of nitrogens with zero attached hydrogens (tertiary/aromatic N) is 1. The molecule has 0 aliphatic carbocycles. The van der Waals surface area contributed by atoms with Gasteiger partial charge in [-0.2, -0.15) is 4.31 Å². The lowest BCUT2D eigenvalue weighted by atomic mass is 10.1. The number of hydrogen-bond donors (Lipinski definition) is 0. The topological polar surface area (TPSA) is 37.4 Å². The van der Waals surface area contributed by atoms with Gasteiger partial charge in [0.2, 0.25) is 10.0 Å². The second kappa shape index (κ2) is 5.95. The molecule has 1 aromatic carbocycles. The van der Waals surface area contributed by atoms with Crippen LogP contribution in [0.5, 0.6) is 0 Å². The van der Waals surface area contributed by atoms with Gasteiger partial charge in [-0.25, -0.2) is 17.2 Å². The van der Waals surface area contributed by atoms with E-state index >= 15 is 0 Å². The third kappa shape index (κ3) is 3.40. The fraction of sp³-hybridized carbons (Fsp3) is 0.455. The van der Waals surface area contributed by atoms with Crippen LogP contribution in [0.2, 0.25) is 0 Å². The lowest BCUT2D eigenvalue weighted by Gasteiger charge is -2.24. The molecule has 0 radical (unpaired) electrons. The van der Waals surface area contributed by atoms with E-state index in [0.29, 0.717) is 5.56 Å². The molecule has 0 saturated heterocycles. The van der Waals surface area contributed by atoms with Gasteiger partial charge < -0.3 is 0 Å².